The molecule has 1 saturated carbocycles. The molecule has 0 radical (unpaired) electrons. The molecule has 132 valence electrons. The van der Waals surface area contributed by atoms with Crippen molar-refractivity contribution in [1.82, 2.24) is 19.9 Å². The maximum absolute atomic E-state index is 12.9. The lowest BCUT2D eigenvalue weighted by Crippen LogP contribution is -2.31. The predicted octanol–water partition coefficient (Wildman–Crippen LogP) is 2.99. The summed E-state index contributed by atoms with van der Waals surface area (Å²) in [5.41, 5.74) is 1.92. The normalized spacial score (nSPS) is 20.4. The zero-order valence-electron chi connectivity index (χ0n) is 14.8. The minimum absolute atomic E-state index is 0.0525. The van der Waals surface area contributed by atoms with E-state index in [-0.39, 0.29) is 11.9 Å². The third-order valence-electron chi connectivity index (χ3n) is 4.90. The van der Waals surface area contributed by atoms with Crippen LogP contribution in [0.2, 0.25) is 0 Å². The summed E-state index contributed by atoms with van der Waals surface area (Å²) < 4.78 is 5.38. The molecule has 4 rings (SSSR count). The summed E-state index contributed by atoms with van der Waals surface area (Å²) in [6.07, 6.45) is 4.14. The van der Waals surface area contributed by atoms with Gasteiger partial charge in [-0.3, -0.25) is 4.79 Å². The summed E-state index contributed by atoms with van der Waals surface area (Å²) in [7, 11) is 4.07. The first kappa shape index (κ1) is 16.3. The Bertz CT molecular complexity index is 749. The third-order valence-corrected chi connectivity index (χ3v) is 4.90. The Morgan fingerprint density at radius 2 is 2.00 bits per heavy atom. The Hall–Kier alpha value is -2.21. The average molecular weight is 340 g/mol. The summed E-state index contributed by atoms with van der Waals surface area (Å²) in [5, 5.41) is 4.15. The van der Waals surface area contributed by atoms with E-state index in [0.29, 0.717) is 11.7 Å². The van der Waals surface area contributed by atoms with Crippen molar-refractivity contribution in [2.75, 3.05) is 20.6 Å². The van der Waals surface area contributed by atoms with Gasteiger partial charge in [0.25, 0.3) is 5.91 Å². The first-order valence-corrected chi connectivity index (χ1v) is 9.00. The summed E-state index contributed by atoms with van der Waals surface area (Å²) in [4.78, 5) is 21.5. The molecular formula is C19H24N4O2. The lowest BCUT2D eigenvalue weighted by molar-refractivity contribution is 0.0728. The highest BCUT2D eigenvalue weighted by atomic mass is 16.5. The Balaban J connectivity index is 1.49. The maximum Gasteiger partial charge on any atom is 0.254 e. The van der Waals surface area contributed by atoms with Gasteiger partial charge in [-0.2, -0.15) is 4.98 Å². The van der Waals surface area contributed by atoms with E-state index in [0.717, 1.165) is 50.2 Å². The molecule has 0 spiro atoms. The monoisotopic (exact) mass is 340 g/mol. The molecule has 2 aliphatic rings. The van der Waals surface area contributed by atoms with Gasteiger partial charge in [0.15, 0.2) is 5.82 Å². The van der Waals surface area contributed by atoms with E-state index in [2.05, 4.69) is 15.0 Å². The maximum atomic E-state index is 12.9. The minimum Gasteiger partial charge on any atom is -0.339 e. The van der Waals surface area contributed by atoms with Crippen molar-refractivity contribution < 1.29 is 9.32 Å². The lowest BCUT2D eigenvalue weighted by atomic mass is 10.1. The molecule has 2 aromatic rings. The van der Waals surface area contributed by atoms with E-state index in [4.69, 9.17) is 4.52 Å². The number of aromatic nitrogens is 2. The smallest absolute Gasteiger partial charge is 0.254 e. The first-order chi connectivity index (χ1) is 12.1. The standard InChI is InChI=1S/C19H24N4O2/c1-22(2)12-13-5-7-15(8-6-13)19(24)23-11-3-4-16(23)17-20-18(25-21-17)14-9-10-14/h5-8,14,16H,3-4,9-12H2,1-2H3/t16-/m0/s1. The second-order valence-electron chi connectivity index (χ2n) is 7.36. The fraction of sp³-hybridized carbons (Fsp3) is 0.526. The molecule has 1 aliphatic heterocycles. The molecule has 1 aliphatic carbocycles. The van der Waals surface area contributed by atoms with Gasteiger partial charge in [0.05, 0.1) is 6.04 Å². The Labute approximate surface area is 147 Å². The highest BCUT2D eigenvalue weighted by molar-refractivity contribution is 5.94. The van der Waals surface area contributed by atoms with Crippen LogP contribution in [-0.2, 0) is 6.54 Å². The molecule has 1 aromatic carbocycles. The zero-order chi connectivity index (χ0) is 17.4. The quantitative estimate of drug-likeness (QED) is 0.837. The average Bonchev–Trinajstić information content (AvgIpc) is 3.13. The van der Waals surface area contributed by atoms with Crippen LogP contribution >= 0.6 is 0 Å². The highest BCUT2D eigenvalue weighted by Crippen LogP contribution is 2.40. The van der Waals surface area contributed by atoms with Crippen LogP contribution in [0.5, 0.6) is 0 Å². The topological polar surface area (TPSA) is 62.5 Å². The van der Waals surface area contributed by atoms with Gasteiger partial charge in [0.1, 0.15) is 0 Å². The first-order valence-electron chi connectivity index (χ1n) is 9.00. The predicted molar refractivity (Wildman–Crippen MR) is 93.1 cm³/mol. The molecule has 1 amide bonds. The molecule has 6 heteroatoms. The number of carbonyl (C=O) groups is 1. The number of hydrogen-bond donors (Lipinski definition) is 0. The van der Waals surface area contributed by atoms with Gasteiger partial charge < -0.3 is 14.3 Å². The van der Waals surface area contributed by atoms with Crippen molar-refractivity contribution in [1.29, 1.82) is 0 Å². The molecule has 2 heterocycles. The largest absolute Gasteiger partial charge is 0.339 e. The number of nitrogens with zero attached hydrogens (tertiary/aromatic N) is 4. The summed E-state index contributed by atoms with van der Waals surface area (Å²) in [6.45, 7) is 1.61. The molecular weight excluding hydrogens is 316 g/mol. The van der Waals surface area contributed by atoms with Crippen molar-refractivity contribution in [3.63, 3.8) is 0 Å². The summed E-state index contributed by atoms with van der Waals surface area (Å²) in [5.74, 6) is 1.90. The van der Waals surface area contributed by atoms with E-state index >= 15 is 0 Å². The minimum atomic E-state index is -0.0646. The van der Waals surface area contributed by atoms with E-state index in [1.807, 2.05) is 43.3 Å². The highest BCUT2D eigenvalue weighted by Gasteiger charge is 2.36. The Morgan fingerprint density at radius 1 is 1.24 bits per heavy atom. The molecule has 1 aromatic heterocycles. The second kappa shape index (κ2) is 6.59. The van der Waals surface area contributed by atoms with E-state index in [1.165, 1.54) is 5.56 Å². The lowest BCUT2D eigenvalue weighted by Gasteiger charge is -2.22. The van der Waals surface area contributed by atoms with Crippen LogP contribution < -0.4 is 0 Å². The van der Waals surface area contributed by atoms with Crippen LogP contribution in [0.1, 0.15) is 65.3 Å². The van der Waals surface area contributed by atoms with Crippen molar-refractivity contribution >= 4 is 5.91 Å². The fourth-order valence-electron chi connectivity index (χ4n) is 3.44. The number of likely N-dealkylation sites (tertiary alicyclic amines) is 1. The molecule has 2 fully saturated rings. The van der Waals surface area contributed by atoms with Crippen molar-refractivity contribution in [2.45, 2.75) is 44.2 Å². The Kier molecular flexibility index (Phi) is 4.29. The molecule has 6 nitrogen and oxygen atoms in total. The molecule has 25 heavy (non-hydrogen) atoms. The summed E-state index contributed by atoms with van der Waals surface area (Å²) in [6, 6.07) is 7.82. The van der Waals surface area contributed by atoms with Crippen molar-refractivity contribution in [2.24, 2.45) is 0 Å². The van der Waals surface area contributed by atoms with Gasteiger partial charge in [-0.05, 0) is 57.5 Å². The third kappa shape index (κ3) is 3.44. The molecule has 1 saturated heterocycles. The number of rotatable bonds is 5. The Morgan fingerprint density at radius 3 is 2.68 bits per heavy atom. The van der Waals surface area contributed by atoms with Gasteiger partial charge in [-0.15, -0.1) is 0 Å². The van der Waals surface area contributed by atoms with Gasteiger partial charge >= 0.3 is 0 Å². The van der Waals surface area contributed by atoms with Gasteiger partial charge in [0.2, 0.25) is 5.89 Å². The second-order valence-corrected chi connectivity index (χ2v) is 7.36. The van der Waals surface area contributed by atoms with Crippen LogP contribution in [0.25, 0.3) is 0 Å². The molecule has 0 bridgehead atoms. The summed E-state index contributed by atoms with van der Waals surface area (Å²) >= 11 is 0. The fourth-order valence-corrected chi connectivity index (χ4v) is 3.44. The van der Waals surface area contributed by atoms with Crippen LogP contribution in [-0.4, -0.2) is 46.5 Å². The van der Waals surface area contributed by atoms with E-state index in [9.17, 15) is 4.79 Å². The van der Waals surface area contributed by atoms with Gasteiger partial charge in [0, 0.05) is 24.6 Å². The van der Waals surface area contributed by atoms with Crippen molar-refractivity contribution in [3.05, 3.63) is 47.1 Å². The van der Waals surface area contributed by atoms with E-state index < -0.39 is 0 Å². The van der Waals surface area contributed by atoms with Crippen LogP contribution in [0.3, 0.4) is 0 Å². The van der Waals surface area contributed by atoms with Crippen LogP contribution in [0.15, 0.2) is 28.8 Å². The molecule has 1 atom stereocenters. The van der Waals surface area contributed by atoms with Gasteiger partial charge in [-0.25, -0.2) is 0 Å². The number of hydrogen-bond acceptors (Lipinski definition) is 5. The van der Waals surface area contributed by atoms with Crippen LogP contribution in [0, 0.1) is 0 Å². The number of benzene rings is 1. The zero-order valence-corrected chi connectivity index (χ0v) is 14.8. The van der Waals surface area contributed by atoms with Crippen molar-refractivity contribution in [3.8, 4) is 0 Å². The number of amides is 1. The van der Waals surface area contributed by atoms with Crippen LogP contribution in [0.4, 0.5) is 0 Å². The van der Waals surface area contributed by atoms with Gasteiger partial charge in [-0.1, -0.05) is 17.3 Å². The number of carbonyl (C=O) groups excluding carboxylic acids is 1. The SMILES string of the molecule is CN(C)Cc1ccc(C(=O)N2CCC[C@H]2c2noc(C3CC3)n2)cc1. The molecule has 0 N–H and O–H groups in total. The van der Waals surface area contributed by atoms with E-state index in [1.54, 1.807) is 0 Å². The molecule has 0 unspecified atom stereocenters.